The fraction of sp³-hybridized carbons (Fsp3) is 0.158. The third-order valence-electron chi connectivity index (χ3n) is 4.15. The van der Waals surface area contributed by atoms with Gasteiger partial charge in [0.2, 0.25) is 0 Å². The van der Waals surface area contributed by atoms with Gasteiger partial charge in [0.25, 0.3) is 0 Å². The van der Waals surface area contributed by atoms with Gasteiger partial charge in [-0.2, -0.15) is 0 Å². The fourth-order valence-corrected chi connectivity index (χ4v) is 2.75. The minimum absolute atomic E-state index is 0.276. The van der Waals surface area contributed by atoms with E-state index >= 15 is 0 Å². The minimum Gasteiger partial charge on any atom is -0.489 e. The van der Waals surface area contributed by atoms with Crippen molar-refractivity contribution in [3.63, 3.8) is 0 Å². The number of fused-ring (bicyclic) bond motifs is 1. The summed E-state index contributed by atoms with van der Waals surface area (Å²) in [6, 6.07) is 14.8. The molecule has 130 valence electrons. The number of aromatic nitrogens is 4. The van der Waals surface area contributed by atoms with Crippen LogP contribution in [-0.4, -0.2) is 20.2 Å². The van der Waals surface area contributed by atoms with Crippen molar-refractivity contribution in [2.75, 3.05) is 0 Å². The molecular formula is C19H16N4O3. The van der Waals surface area contributed by atoms with Crippen molar-refractivity contribution < 1.29 is 9.15 Å². The molecule has 7 heteroatoms. The molecule has 0 atom stereocenters. The average Bonchev–Trinajstić information content (AvgIpc) is 3.20. The Labute approximate surface area is 148 Å². The van der Waals surface area contributed by atoms with E-state index < -0.39 is 0 Å². The molecule has 0 radical (unpaired) electrons. The maximum absolute atomic E-state index is 11.8. The molecule has 4 aromatic rings. The van der Waals surface area contributed by atoms with Crippen LogP contribution in [0, 0.1) is 0 Å². The molecule has 0 aliphatic carbocycles. The van der Waals surface area contributed by atoms with Crippen LogP contribution in [0.1, 0.15) is 18.1 Å². The molecular weight excluding hydrogens is 332 g/mol. The molecule has 0 amide bonds. The molecule has 26 heavy (non-hydrogen) atoms. The van der Waals surface area contributed by atoms with Crippen molar-refractivity contribution in [3.8, 4) is 11.4 Å². The predicted octanol–water partition coefficient (Wildman–Crippen LogP) is 2.91. The number of tetrazole rings is 1. The molecule has 0 saturated carbocycles. The maximum atomic E-state index is 11.8. The third kappa shape index (κ3) is 3.19. The first-order valence-electron chi connectivity index (χ1n) is 8.25. The summed E-state index contributed by atoms with van der Waals surface area (Å²) in [5, 5.41) is 11.9. The first kappa shape index (κ1) is 16.0. The van der Waals surface area contributed by atoms with Gasteiger partial charge in [0.1, 0.15) is 24.3 Å². The van der Waals surface area contributed by atoms with Crippen molar-refractivity contribution in [2.45, 2.75) is 20.0 Å². The normalized spacial score (nSPS) is 11.0. The highest BCUT2D eigenvalue weighted by atomic mass is 16.5. The molecule has 2 aromatic heterocycles. The van der Waals surface area contributed by atoms with Crippen molar-refractivity contribution in [3.05, 3.63) is 76.4 Å². The standard InChI is InChI=1S/C19H16N4O3/c1-2-13-3-8-17-14(10-19(24)26-18(17)9-13)11-25-16-6-4-15(5-7-16)23-12-20-21-22-23/h3-10,12H,2,11H2,1H3. The van der Waals surface area contributed by atoms with E-state index in [0.29, 0.717) is 11.3 Å². The molecule has 0 saturated heterocycles. The van der Waals surface area contributed by atoms with Crippen LogP contribution in [0.5, 0.6) is 5.75 Å². The number of ether oxygens (including phenoxy) is 1. The van der Waals surface area contributed by atoms with E-state index in [1.54, 1.807) is 4.68 Å². The van der Waals surface area contributed by atoms with Gasteiger partial charge in [-0.3, -0.25) is 0 Å². The number of aryl methyl sites for hydroxylation is 1. The van der Waals surface area contributed by atoms with Gasteiger partial charge in [-0.25, -0.2) is 9.48 Å². The SMILES string of the molecule is CCc1ccc2c(COc3ccc(-n4cnnn4)cc3)cc(=O)oc2c1. The summed E-state index contributed by atoms with van der Waals surface area (Å²) in [6.45, 7) is 2.34. The Morgan fingerprint density at radius 1 is 1.12 bits per heavy atom. The zero-order chi connectivity index (χ0) is 17.9. The summed E-state index contributed by atoms with van der Waals surface area (Å²) in [6.07, 6.45) is 2.41. The second-order valence-corrected chi connectivity index (χ2v) is 5.81. The van der Waals surface area contributed by atoms with Gasteiger partial charge in [0, 0.05) is 17.0 Å². The van der Waals surface area contributed by atoms with Gasteiger partial charge < -0.3 is 9.15 Å². The van der Waals surface area contributed by atoms with Crippen molar-refractivity contribution >= 4 is 11.0 Å². The second kappa shape index (κ2) is 6.79. The Kier molecular flexibility index (Phi) is 4.18. The smallest absolute Gasteiger partial charge is 0.336 e. The number of nitrogens with zero attached hydrogens (tertiary/aromatic N) is 4. The average molecular weight is 348 g/mol. The van der Waals surface area contributed by atoms with E-state index in [1.807, 2.05) is 42.5 Å². The molecule has 0 bridgehead atoms. The summed E-state index contributed by atoms with van der Waals surface area (Å²) < 4.78 is 12.7. The highest BCUT2D eigenvalue weighted by Crippen LogP contribution is 2.21. The molecule has 0 fully saturated rings. The number of hydrogen-bond acceptors (Lipinski definition) is 6. The van der Waals surface area contributed by atoms with E-state index in [4.69, 9.17) is 9.15 Å². The topological polar surface area (TPSA) is 83.0 Å². The van der Waals surface area contributed by atoms with Crippen LogP contribution in [0.2, 0.25) is 0 Å². The van der Waals surface area contributed by atoms with Crippen LogP contribution < -0.4 is 10.4 Å². The molecule has 4 rings (SSSR count). The van der Waals surface area contributed by atoms with Crippen LogP contribution in [0.4, 0.5) is 0 Å². The van der Waals surface area contributed by atoms with Gasteiger partial charge in [0.05, 0.1) is 5.69 Å². The number of benzene rings is 2. The lowest BCUT2D eigenvalue weighted by Crippen LogP contribution is -2.04. The Balaban J connectivity index is 1.57. The quantitative estimate of drug-likeness (QED) is 0.516. The summed E-state index contributed by atoms with van der Waals surface area (Å²) in [7, 11) is 0. The number of rotatable bonds is 5. The number of hydrogen-bond donors (Lipinski definition) is 0. The Bertz CT molecular complexity index is 1090. The van der Waals surface area contributed by atoms with Crippen LogP contribution in [0.3, 0.4) is 0 Å². The van der Waals surface area contributed by atoms with Gasteiger partial charge in [0.15, 0.2) is 0 Å². The molecule has 0 N–H and O–H groups in total. The Hall–Kier alpha value is -3.48. The Morgan fingerprint density at radius 3 is 2.69 bits per heavy atom. The van der Waals surface area contributed by atoms with E-state index in [2.05, 4.69) is 22.4 Å². The van der Waals surface area contributed by atoms with Crippen LogP contribution >= 0.6 is 0 Å². The lowest BCUT2D eigenvalue weighted by Gasteiger charge is -2.09. The highest BCUT2D eigenvalue weighted by Gasteiger charge is 2.08. The fourth-order valence-electron chi connectivity index (χ4n) is 2.75. The maximum Gasteiger partial charge on any atom is 0.336 e. The summed E-state index contributed by atoms with van der Waals surface area (Å²) >= 11 is 0. The van der Waals surface area contributed by atoms with E-state index in [9.17, 15) is 4.79 Å². The molecule has 0 spiro atoms. The minimum atomic E-state index is -0.376. The summed E-state index contributed by atoms with van der Waals surface area (Å²) in [5.74, 6) is 0.688. The third-order valence-corrected chi connectivity index (χ3v) is 4.15. The van der Waals surface area contributed by atoms with Crippen molar-refractivity contribution in [1.29, 1.82) is 0 Å². The molecule has 0 unspecified atom stereocenters. The molecule has 2 aromatic carbocycles. The zero-order valence-corrected chi connectivity index (χ0v) is 14.1. The summed E-state index contributed by atoms with van der Waals surface area (Å²) in [4.78, 5) is 11.8. The first-order chi connectivity index (χ1) is 12.7. The molecule has 0 aliphatic heterocycles. The van der Waals surface area contributed by atoms with Gasteiger partial charge >= 0.3 is 5.63 Å². The first-order valence-corrected chi connectivity index (χ1v) is 8.25. The van der Waals surface area contributed by atoms with Gasteiger partial charge in [-0.05, 0) is 52.7 Å². The zero-order valence-electron chi connectivity index (χ0n) is 14.1. The molecule has 0 aliphatic rings. The monoisotopic (exact) mass is 348 g/mol. The lowest BCUT2D eigenvalue weighted by molar-refractivity contribution is 0.306. The molecule has 7 nitrogen and oxygen atoms in total. The van der Waals surface area contributed by atoms with E-state index in [-0.39, 0.29) is 12.2 Å². The van der Waals surface area contributed by atoms with E-state index in [1.165, 1.54) is 12.4 Å². The van der Waals surface area contributed by atoms with Crippen molar-refractivity contribution in [1.82, 2.24) is 20.2 Å². The van der Waals surface area contributed by atoms with Crippen LogP contribution in [0.15, 0.2) is 64.1 Å². The molecule has 2 heterocycles. The lowest BCUT2D eigenvalue weighted by atomic mass is 10.1. The van der Waals surface area contributed by atoms with Crippen LogP contribution in [0.25, 0.3) is 16.7 Å². The van der Waals surface area contributed by atoms with E-state index in [0.717, 1.165) is 28.6 Å². The predicted molar refractivity (Wildman–Crippen MR) is 95.3 cm³/mol. The largest absolute Gasteiger partial charge is 0.489 e. The Morgan fingerprint density at radius 2 is 1.96 bits per heavy atom. The second-order valence-electron chi connectivity index (χ2n) is 5.81. The van der Waals surface area contributed by atoms with Gasteiger partial charge in [-0.1, -0.05) is 19.1 Å². The summed E-state index contributed by atoms with van der Waals surface area (Å²) in [5.41, 5.74) is 2.96. The van der Waals surface area contributed by atoms with Gasteiger partial charge in [-0.15, -0.1) is 5.10 Å². The van der Waals surface area contributed by atoms with Crippen LogP contribution in [-0.2, 0) is 13.0 Å². The van der Waals surface area contributed by atoms with Crippen molar-refractivity contribution in [2.24, 2.45) is 0 Å². The highest BCUT2D eigenvalue weighted by molar-refractivity contribution is 5.80.